The average molecular weight is 288 g/mol. The van der Waals surface area contributed by atoms with Gasteiger partial charge >= 0.3 is 0 Å². The van der Waals surface area contributed by atoms with Gasteiger partial charge < -0.3 is 5.32 Å². The van der Waals surface area contributed by atoms with Crippen LogP contribution in [0.15, 0.2) is 11.2 Å². The second-order valence-electron chi connectivity index (χ2n) is 4.77. The summed E-state index contributed by atoms with van der Waals surface area (Å²) in [4.78, 5) is 0. The Bertz CT molecular complexity index is 470. The molecule has 1 aromatic heterocycles. The summed E-state index contributed by atoms with van der Waals surface area (Å²) in [6.07, 6.45) is 5.68. The van der Waals surface area contributed by atoms with Crippen molar-refractivity contribution in [3.8, 4) is 0 Å². The van der Waals surface area contributed by atoms with E-state index in [9.17, 15) is 8.42 Å². The van der Waals surface area contributed by atoms with Gasteiger partial charge in [-0.25, -0.2) is 13.1 Å². The van der Waals surface area contributed by atoms with E-state index in [-0.39, 0.29) is 11.1 Å². The first-order chi connectivity index (χ1) is 9.01. The Labute approximate surface area is 115 Å². The van der Waals surface area contributed by atoms with E-state index in [1.165, 1.54) is 6.20 Å². The molecule has 3 N–H and O–H groups in total. The molecule has 0 saturated heterocycles. The normalized spacial score (nSPS) is 13.6. The van der Waals surface area contributed by atoms with E-state index in [2.05, 4.69) is 27.2 Å². The monoisotopic (exact) mass is 288 g/mol. The minimum absolute atomic E-state index is 0.0673. The van der Waals surface area contributed by atoms with Gasteiger partial charge in [0.2, 0.25) is 0 Å². The number of aromatic amines is 1. The molecule has 0 aliphatic carbocycles. The largest absolute Gasteiger partial charge is 0.316 e. The molecule has 6 nitrogen and oxygen atoms in total. The van der Waals surface area contributed by atoms with E-state index >= 15 is 0 Å². The van der Waals surface area contributed by atoms with Crippen LogP contribution in [0.4, 0.5) is 0 Å². The summed E-state index contributed by atoms with van der Waals surface area (Å²) in [7, 11) is -1.75. The Hall–Kier alpha value is -0.920. The first kappa shape index (κ1) is 16.1. The zero-order valence-electron chi connectivity index (χ0n) is 11.9. The fourth-order valence-electron chi connectivity index (χ4n) is 1.93. The molecule has 7 heteroatoms. The van der Waals surface area contributed by atoms with Crippen molar-refractivity contribution in [1.82, 2.24) is 20.2 Å². The molecule has 1 unspecified atom stereocenters. The first-order valence-corrected chi connectivity index (χ1v) is 8.18. The number of hydrogen-bond acceptors (Lipinski definition) is 4. The average Bonchev–Trinajstić information content (AvgIpc) is 2.78. The lowest BCUT2D eigenvalue weighted by atomic mass is 10.1. The highest BCUT2D eigenvalue weighted by Gasteiger charge is 2.22. The van der Waals surface area contributed by atoms with Crippen molar-refractivity contribution in [2.75, 3.05) is 7.05 Å². The number of nitrogens with zero attached hydrogens (tertiary/aromatic N) is 1. The molecule has 0 aliphatic rings. The van der Waals surface area contributed by atoms with Gasteiger partial charge in [0.15, 0.2) is 5.03 Å². The highest BCUT2D eigenvalue weighted by Crippen LogP contribution is 2.13. The minimum Gasteiger partial charge on any atom is -0.316 e. The summed E-state index contributed by atoms with van der Waals surface area (Å²) < 4.78 is 27.1. The molecule has 0 saturated carbocycles. The lowest BCUT2D eigenvalue weighted by Crippen LogP contribution is -2.33. The quantitative estimate of drug-likeness (QED) is 0.599. The van der Waals surface area contributed by atoms with Gasteiger partial charge in [0.25, 0.3) is 10.0 Å². The molecule has 19 heavy (non-hydrogen) atoms. The van der Waals surface area contributed by atoms with Gasteiger partial charge in [0.1, 0.15) is 0 Å². The van der Waals surface area contributed by atoms with Gasteiger partial charge in [-0.05, 0) is 20.4 Å². The molecule has 0 amide bonds. The summed E-state index contributed by atoms with van der Waals surface area (Å²) in [5, 5.41) is 9.45. The Kier molecular flexibility index (Phi) is 6.47. The highest BCUT2D eigenvalue weighted by atomic mass is 32.2. The third-order valence-electron chi connectivity index (χ3n) is 2.91. The number of rotatable bonds is 9. The summed E-state index contributed by atoms with van der Waals surface area (Å²) in [5.41, 5.74) is 0.649. The van der Waals surface area contributed by atoms with Gasteiger partial charge in [-0.1, -0.05) is 26.2 Å². The molecule has 1 atom stereocenters. The second kappa shape index (κ2) is 7.62. The Morgan fingerprint density at radius 3 is 2.79 bits per heavy atom. The van der Waals surface area contributed by atoms with Crippen LogP contribution in [0.2, 0.25) is 0 Å². The maximum atomic E-state index is 12.2. The molecule has 1 rings (SSSR count). The topological polar surface area (TPSA) is 86.9 Å². The molecule has 0 spiro atoms. The molecule has 0 aromatic carbocycles. The smallest absolute Gasteiger partial charge is 0.258 e. The zero-order chi connectivity index (χ0) is 14.3. The van der Waals surface area contributed by atoms with Crippen molar-refractivity contribution in [3.05, 3.63) is 11.8 Å². The van der Waals surface area contributed by atoms with Crippen LogP contribution < -0.4 is 10.0 Å². The fraction of sp³-hybridized carbons (Fsp3) is 0.750. The van der Waals surface area contributed by atoms with Gasteiger partial charge in [-0.2, -0.15) is 5.10 Å². The van der Waals surface area contributed by atoms with Gasteiger partial charge in [-0.3, -0.25) is 5.10 Å². The lowest BCUT2D eigenvalue weighted by molar-refractivity contribution is 0.524. The van der Waals surface area contributed by atoms with E-state index < -0.39 is 10.0 Å². The highest BCUT2D eigenvalue weighted by molar-refractivity contribution is 7.89. The van der Waals surface area contributed by atoms with Crippen molar-refractivity contribution < 1.29 is 8.42 Å². The van der Waals surface area contributed by atoms with Gasteiger partial charge in [0, 0.05) is 18.2 Å². The molecule has 0 aliphatic heterocycles. The fourth-order valence-corrected chi connectivity index (χ4v) is 3.34. The maximum Gasteiger partial charge on any atom is 0.258 e. The molecule has 0 radical (unpaired) electrons. The number of H-pyrrole nitrogens is 1. The SMILES string of the molecule is CCCCCC(C)NS(=O)(=O)c1[nH]ncc1CNC. The second-order valence-corrected chi connectivity index (χ2v) is 6.42. The zero-order valence-corrected chi connectivity index (χ0v) is 12.7. The van der Waals surface area contributed by atoms with Crippen molar-refractivity contribution in [2.24, 2.45) is 0 Å². The molecule has 1 aromatic rings. The van der Waals surface area contributed by atoms with Crippen LogP contribution in [0, 0.1) is 0 Å². The third kappa shape index (κ3) is 4.93. The van der Waals surface area contributed by atoms with Gasteiger partial charge in [-0.15, -0.1) is 0 Å². The van der Waals surface area contributed by atoms with E-state index in [4.69, 9.17) is 0 Å². The van der Waals surface area contributed by atoms with Crippen LogP contribution in [-0.4, -0.2) is 31.7 Å². The Balaban J connectivity index is 2.67. The molecule has 0 fully saturated rings. The van der Waals surface area contributed by atoms with Crippen LogP contribution in [0.3, 0.4) is 0 Å². The standard InChI is InChI=1S/C12H24N4O2S/c1-4-5-6-7-10(2)16-19(17,18)12-11(8-13-3)9-14-15-12/h9-10,13,16H,4-8H2,1-3H3,(H,14,15). The van der Waals surface area contributed by atoms with Crippen LogP contribution in [0.1, 0.15) is 45.1 Å². The van der Waals surface area contributed by atoms with E-state index in [1.807, 2.05) is 6.92 Å². The summed E-state index contributed by atoms with van der Waals surface area (Å²) >= 11 is 0. The molecular weight excluding hydrogens is 264 g/mol. The minimum atomic E-state index is -3.51. The predicted molar refractivity (Wildman–Crippen MR) is 75.3 cm³/mol. The first-order valence-electron chi connectivity index (χ1n) is 6.70. The van der Waals surface area contributed by atoms with Crippen LogP contribution >= 0.6 is 0 Å². The maximum absolute atomic E-state index is 12.2. The number of aromatic nitrogens is 2. The van der Waals surface area contributed by atoms with Crippen molar-refractivity contribution in [3.63, 3.8) is 0 Å². The predicted octanol–water partition coefficient (Wildman–Crippen LogP) is 1.38. The molecular formula is C12H24N4O2S. The number of nitrogens with one attached hydrogen (secondary N) is 3. The lowest BCUT2D eigenvalue weighted by Gasteiger charge is -2.13. The Morgan fingerprint density at radius 1 is 1.42 bits per heavy atom. The van der Waals surface area contributed by atoms with E-state index in [0.717, 1.165) is 25.7 Å². The van der Waals surface area contributed by atoms with Crippen LogP contribution in [0.25, 0.3) is 0 Å². The molecule has 0 bridgehead atoms. The third-order valence-corrected chi connectivity index (χ3v) is 4.51. The number of unbranched alkanes of at least 4 members (excludes halogenated alkanes) is 2. The van der Waals surface area contributed by atoms with E-state index in [1.54, 1.807) is 7.05 Å². The number of hydrogen-bond donors (Lipinski definition) is 3. The molecule has 1 heterocycles. The van der Waals surface area contributed by atoms with Crippen LogP contribution in [0.5, 0.6) is 0 Å². The Morgan fingerprint density at radius 2 is 2.16 bits per heavy atom. The van der Waals surface area contributed by atoms with Crippen molar-refractivity contribution in [1.29, 1.82) is 0 Å². The van der Waals surface area contributed by atoms with Gasteiger partial charge in [0.05, 0.1) is 6.20 Å². The van der Waals surface area contributed by atoms with E-state index in [0.29, 0.717) is 12.1 Å². The van der Waals surface area contributed by atoms with Crippen molar-refractivity contribution in [2.45, 2.75) is 57.1 Å². The number of sulfonamides is 1. The summed E-state index contributed by atoms with van der Waals surface area (Å²) in [5.74, 6) is 0. The van der Waals surface area contributed by atoms with Crippen LogP contribution in [-0.2, 0) is 16.6 Å². The summed E-state index contributed by atoms with van der Waals surface area (Å²) in [6.45, 7) is 4.49. The molecule has 110 valence electrons. The summed E-state index contributed by atoms with van der Waals surface area (Å²) in [6, 6.07) is -0.0673. The van der Waals surface area contributed by atoms with Crippen molar-refractivity contribution >= 4 is 10.0 Å².